The number of amides is 1. The maximum absolute atomic E-state index is 13.8. The van der Waals surface area contributed by atoms with Crippen LogP contribution < -0.4 is 0 Å². The number of carbonyl (C=O) groups is 1. The summed E-state index contributed by atoms with van der Waals surface area (Å²) in [6.07, 6.45) is 5.23. The molecule has 5 heteroatoms. The van der Waals surface area contributed by atoms with Gasteiger partial charge in [-0.3, -0.25) is 4.79 Å². The van der Waals surface area contributed by atoms with E-state index in [0.717, 1.165) is 5.56 Å². The average Bonchev–Trinajstić information content (AvgIpc) is 2.56. The second-order valence-corrected chi connectivity index (χ2v) is 6.29. The van der Waals surface area contributed by atoms with Gasteiger partial charge >= 0.3 is 0 Å². The van der Waals surface area contributed by atoms with Crippen molar-refractivity contribution in [3.63, 3.8) is 0 Å². The lowest BCUT2D eigenvalue weighted by Gasteiger charge is -2.16. The number of carbonyl (C=O) groups excluding carboxylic acids is 1. The number of nitrogens with zero attached hydrogens (tertiary/aromatic N) is 1. The van der Waals surface area contributed by atoms with Gasteiger partial charge in [0, 0.05) is 35.2 Å². The third kappa shape index (κ3) is 4.85. The summed E-state index contributed by atoms with van der Waals surface area (Å²) in [5, 5.41) is 0.321. The molecule has 0 atom stereocenters. The molecule has 0 radical (unpaired) electrons. The van der Waals surface area contributed by atoms with Crippen LogP contribution >= 0.6 is 23.4 Å². The Morgan fingerprint density at radius 2 is 1.96 bits per heavy atom. The van der Waals surface area contributed by atoms with E-state index in [1.54, 1.807) is 37.0 Å². The lowest BCUT2D eigenvalue weighted by molar-refractivity contribution is -0.125. The van der Waals surface area contributed by atoms with E-state index in [2.05, 4.69) is 0 Å². The quantitative estimate of drug-likeness (QED) is 0.566. The Morgan fingerprint density at radius 3 is 2.57 bits per heavy atom. The van der Waals surface area contributed by atoms with Crippen molar-refractivity contribution in [3.05, 3.63) is 70.5 Å². The predicted octanol–water partition coefficient (Wildman–Crippen LogP) is 4.87. The second-order valence-electron chi connectivity index (χ2n) is 5.00. The first kappa shape index (κ1) is 17.6. The normalized spacial score (nSPS) is 11.0. The molecule has 0 aliphatic carbocycles. The molecule has 0 N–H and O–H groups in total. The van der Waals surface area contributed by atoms with E-state index < -0.39 is 5.82 Å². The van der Waals surface area contributed by atoms with Crippen molar-refractivity contribution in [2.45, 2.75) is 11.4 Å². The topological polar surface area (TPSA) is 20.3 Å². The molecular weight excluding hydrogens is 333 g/mol. The van der Waals surface area contributed by atoms with Crippen LogP contribution in [0.25, 0.3) is 6.08 Å². The number of hydrogen-bond donors (Lipinski definition) is 0. The molecule has 0 aliphatic heterocycles. The van der Waals surface area contributed by atoms with Crippen molar-refractivity contribution < 1.29 is 9.18 Å². The molecule has 0 spiro atoms. The van der Waals surface area contributed by atoms with Crippen molar-refractivity contribution in [1.29, 1.82) is 0 Å². The number of thioether (sulfide) groups is 1. The van der Waals surface area contributed by atoms with Crippen molar-refractivity contribution in [2.75, 3.05) is 13.3 Å². The van der Waals surface area contributed by atoms with Gasteiger partial charge in [-0.05, 0) is 42.2 Å². The number of benzene rings is 2. The van der Waals surface area contributed by atoms with E-state index in [0.29, 0.717) is 10.6 Å². The first-order chi connectivity index (χ1) is 11.0. The molecule has 0 fully saturated rings. The molecule has 0 aliphatic rings. The summed E-state index contributed by atoms with van der Waals surface area (Å²) in [7, 11) is 1.62. The van der Waals surface area contributed by atoms with Gasteiger partial charge in [0.1, 0.15) is 5.82 Å². The first-order valence-electron chi connectivity index (χ1n) is 7.01. The molecular formula is C18H17ClFNOS. The molecule has 2 nitrogen and oxygen atoms in total. The van der Waals surface area contributed by atoms with Crippen molar-refractivity contribution in [2.24, 2.45) is 0 Å². The zero-order valence-electron chi connectivity index (χ0n) is 12.9. The van der Waals surface area contributed by atoms with Crippen LogP contribution in [-0.2, 0) is 11.3 Å². The monoisotopic (exact) mass is 349 g/mol. The van der Waals surface area contributed by atoms with Gasteiger partial charge in [-0.25, -0.2) is 4.39 Å². The maximum Gasteiger partial charge on any atom is 0.246 e. The van der Waals surface area contributed by atoms with Gasteiger partial charge in [-0.15, -0.1) is 11.8 Å². The minimum atomic E-state index is -0.409. The standard InChI is InChI=1S/C18H17ClFNOS/c1-21(12-15-16(19)4-3-5-17(15)20)18(22)11-8-13-6-9-14(23-2)10-7-13/h3-11H,12H2,1-2H3/b11-8+. The molecule has 0 heterocycles. The minimum Gasteiger partial charge on any atom is -0.338 e. The third-order valence-electron chi connectivity index (χ3n) is 3.37. The summed E-state index contributed by atoms with van der Waals surface area (Å²) in [5.41, 5.74) is 1.26. The summed E-state index contributed by atoms with van der Waals surface area (Å²) < 4.78 is 13.8. The van der Waals surface area contributed by atoms with Crippen LogP contribution in [0, 0.1) is 5.82 Å². The number of hydrogen-bond acceptors (Lipinski definition) is 2. The lowest BCUT2D eigenvalue weighted by atomic mass is 10.2. The molecule has 23 heavy (non-hydrogen) atoms. The molecule has 2 rings (SSSR count). The largest absolute Gasteiger partial charge is 0.338 e. The Bertz CT molecular complexity index is 695. The summed E-state index contributed by atoms with van der Waals surface area (Å²) in [5.74, 6) is -0.618. The Balaban J connectivity index is 2.03. The SMILES string of the molecule is CSc1ccc(/C=C/C(=O)N(C)Cc2c(F)cccc2Cl)cc1. The third-order valence-corrected chi connectivity index (χ3v) is 4.47. The van der Waals surface area contributed by atoms with Gasteiger partial charge < -0.3 is 4.90 Å². The molecule has 1 amide bonds. The van der Waals surface area contributed by atoms with E-state index in [9.17, 15) is 9.18 Å². The summed E-state index contributed by atoms with van der Waals surface area (Å²) >= 11 is 7.65. The summed E-state index contributed by atoms with van der Waals surface area (Å²) in [4.78, 5) is 14.7. The highest BCUT2D eigenvalue weighted by atomic mass is 35.5. The highest BCUT2D eigenvalue weighted by Crippen LogP contribution is 2.20. The first-order valence-corrected chi connectivity index (χ1v) is 8.61. The van der Waals surface area contributed by atoms with Crippen molar-refractivity contribution in [3.8, 4) is 0 Å². The van der Waals surface area contributed by atoms with Gasteiger partial charge in [0.05, 0.1) is 0 Å². The van der Waals surface area contributed by atoms with Crippen LogP contribution in [0.1, 0.15) is 11.1 Å². The Kier molecular flexibility index (Phi) is 6.25. The highest BCUT2D eigenvalue weighted by Gasteiger charge is 2.12. The molecule has 0 saturated carbocycles. The fraction of sp³-hybridized carbons (Fsp3) is 0.167. The number of likely N-dealkylation sites (N-methyl/N-ethyl adjacent to an activating group) is 1. The molecule has 0 bridgehead atoms. The smallest absolute Gasteiger partial charge is 0.246 e. The lowest BCUT2D eigenvalue weighted by Crippen LogP contribution is -2.24. The zero-order chi connectivity index (χ0) is 16.8. The van der Waals surface area contributed by atoms with Gasteiger partial charge in [-0.1, -0.05) is 29.8 Å². The van der Waals surface area contributed by atoms with Crippen LogP contribution in [0.3, 0.4) is 0 Å². The molecule has 2 aromatic rings. The number of halogens is 2. The van der Waals surface area contributed by atoms with Gasteiger partial charge in [0.15, 0.2) is 0 Å². The van der Waals surface area contributed by atoms with E-state index in [1.807, 2.05) is 30.5 Å². The summed E-state index contributed by atoms with van der Waals surface area (Å²) in [6, 6.07) is 12.4. The van der Waals surface area contributed by atoms with Crippen LogP contribution in [-0.4, -0.2) is 24.1 Å². The molecule has 0 aromatic heterocycles. The van der Waals surface area contributed by atoms with E-state index in [1.165, 1.54) is 21.9 Å². The summed E-state index contributed by atoms with van der Waals surface area (Å²) in [6.45, 7) is 0.125. The fourth-order valence-electron chi connectivity index (χ4n) is 2.01. The van der Waals surface area contributed by atoms with E-state index in [-0.39, 0.29) is 12.5 Å². The maximum atomic E-state index is 13.8. The van der Waals surface area contributed by atoms with E-state index in [4.69, 9.17) is 11.6 Å². The van der Waals surface area contributed by atoms with Crippen molar-refractivity contribution >= 4 is 35.3 Å². The molecule has 2 aromatic carbocycles. The Labute approximate surface area is 145 Å². The van der Waals surface area contributed by atoms with Gasteiger partial charge in [0.2, 0.25) is 5.91 Å². The van der Waals surface area contributed by atoms with Crippen LogP contribution in [0.2, 0.25) is 5.02 Å². The zero-order valence-corrected chi connectivity index (χ0v) is 14.5. The second kappa shape index (κ2) is 8.18. The van der Waals surface area contributed by atoms with Crippen LogP contribution in [0.5, 0.6) is 0 Å². The van der Waals surface area contributed by atoms with E-state index >= 15 is 0 Å². The Morgan fingerprint density at radius 1 is 1.26 bits per heavy atom. The molecule has 0 unspecified atom stereocenters. The molecule has 120 valence electrons. The van der Waals surface area contributed by atoms with Crippen LogP contribution in [0.15, 0.2) is 53.4 Å². The highest BCUT2D eigenvalue weighted by molar-refractivity contribution is 7.98. The minimum absolute atomic E-state index is 0.125. The fourth-order valence-corrected chi connectivity index (χ4v) is 2.64. The molecule has 0 saturated heterocycles. The predicted molar refractivity (Wildman–Crippen MR) is 95.1 cm³/mol. The Hall–Kier alpha value is -1.78. The van der Waals surface area contributed by atoms with Crippen molar-refractivity contribution in [1.82, 2.24) is 4.90 Å². The van der Waals surface area contributed by atoms with Gasteiger partial charge in [-0.2, -0.15) is 0 Å². The number of rotatable bonds is 5. The van der Waals surface area contributed by atoms with Crippen LogP contribution in [0.4, 0.5) is 4.39 Å². The van der Waals surface area contributed by atoms with Gasteiger partial charge in [0.25, 0.3) is 0 Å². The average molecular weight is 350 g/mol.